The summed E-state index contributed by atoms with van der Waals surface area (Å²) in [6, 6.07) is 3.71. The third-order valence-corrected chi connectivity index (χ3v) is 3.84. The molecule has 0 aliphatic carbocycles. The second-order valence-corrected chi connectivity index (χ2v) is 5.52. The molecule has 0 aromatic carbocycles. The lowest BCUT2D eigenvalue weighted by molar-refractivity contribution is -0.133. The Labute approximate surface area is 121 Å². The number of carbonyl (C=O) groups is 2. The van der Waals surface area contributed by atoms with E-state index in [0.717, 1.165) is 30.7 Å². The second kappa shape index (κ2) is 7.14. The average molecular weight is 295 g/mol. The van der Waals surface area contributed by atoms with E-state index in [1.807, 2.05) is 12.1 Å². The molecular weight excluding hydrogens is 278 g/mol. The number of aromatic nitrogens is 1. The van der Waals surface area contributed by atoms with E-state index in [4.69, 9.17) is 5.11 Å². The summed E-state index contributed by atoms with van der Waals surface area (Å²) in [5.74, 6) is -0.146. The highest BCUT2D eigenvalue weighted by atomic mass is 32.2. The maximum absolute atomic E-state index is 11.6. The second-order valence-electron chi connectivity index (χ2n) is 4.53. The van der Waals surface area contributed by atoms with Gasteiger partial charge in [0.05, 0.1) is 23.4 Å². The molecule has 0 unspecified atom stereocenters. The molecule has 0 radical (unpaired) electrons. The first-order valence-electron chi connectivity index (χ1n) is 6.45. The van der Waals surface area contributed by atoms with E-state index in [-0.39, 0.29) is 17.4 Å². The summed E-state index contributed by atoms with van der Waals surface area (Å²) in [4.78, 5) is 28.5. The van der Waals surface area contributed by atoms with Gasteiger partial charge in [-0.05, 0) is 25.0 Å². The summed E-state index contributed by atoms with van der Waals surface area (Å²) < 4.78 is 0. The number of thioether (sulfide) groups is 1. The Morgan fingerprint density at radius 1 is 1.30 bits per heavy atom. The standard InChI is InChI=1S/C13H17N3O3S/c17-12(8-20-9-13(18)19)15-10-3-4-11(14-7-10)16-5-1-2-6-16/h3-4,7H,1-2,5-6,8-9H2,(H,15,17)(H,18,19). The normalized spacial score (nSPS) is 14.3. The number of nitrogens with zero attached hydrogens (tertiary/aromatic N) is 2. The van der Waals surface area contributed by atoms with Gasteiger partial charge in [0.15, 0.2) is 0 Å². The van der Waals surface area contributed by atoms with Crippen LogP contribution in [0, 0.1) is 0 Å². The Morgan fingerprint density at radius 3 is 2.65 bits per heavy atom. The Kier molecular flexibility index (Phi) is 5.23. The zero-order chi connectivity index (χ0) is 14.4. The summed E-state index contributed by atoms with van der Waals surface area (Å²) in [6.45, 7) is 2.06. The molecule has 1 amide bonds. The summed E-state index contributed by atoms with van der Waals surface area (Å²) in [5, 5.41) is 11.2. The van der Waals surface area contributed by atoms with Crippen molar-refractivity contribution in [1.29, 1.82) is 0 Å². The van der Waals surface area contributed by atoms with E-state index in [0.29, 0.717) is 5.69 Å². The molecule has 0 atom stereocenters. The number of hydrogen-bond donors (Lipinski definition) is 2. The quantitative estimate of drug-likeness (QED) is 0.826. The minimum absolute atomic E-state index is 0.0699. The zero-order valence-corrected chi connectivity index (χ0v) is 11.9. The first-order valence-corrected chi connectivity index (χ1v) is 7.61. The molecule has 7 heteroatoms. The molecule has 108 valence electrons. The predicted octanol–water partition coefficient (Wildman–Crippen LogP) is 1.44. The SMILES string of the molecule is O=C(O)CSCC(=O)Nc1ccc(N2CCCC2)nc1. The number of rotatable bonds is 6. The molecular formula is C13H17N3O3S. The maximum atomic E-state index is 11.6. The fourth-order valence-corrected chi connectivity index (χ4v) is 2.56. The van der Waals surface area contributed by atoms with Crippen molar-refractivity contribution < 1.29 is 14.7 Å². The van der Waals surface area contributed by atoms with Crippen LogP contribution >= 0.6 is 11.8 Å². The monoisotopic (exact) mass is 295 g/mol. The number of anilines is 2. The highest BCUT2D eigenvalue weighted by Crippen LogP contribution is 2.19. The van der Waals surface area contributed by atoms with Gasteiger partial charge in [-0.25, -0.2) is 4.98 Å². The number of pyridine rings is 1. The highest BCUT2D eigenvalue weighted by molar-refractivity contribution is 8.00. The Balaban J connectivity index is 1.80. The van der Waals surface area contributed by atoms with E-state index >= 15 is 0 Å². The molecule has 1 aromatic rings. The number of aliphatic carboxylic acids is 1. The summed E-state index contributed by atoms with van der Waals surface area (Å²) >= 11 is 1.07. The summed E-state index contributed by atoms with van der Waals surface area (Å²) in [7, 11) is 0. The van der Waals surface area contributed by atoms with Crippen molar-refractivity contribution in [3.63, 3.8) is 0 Å². The molecule has 0 spiro atoms. The van der Waals surface area contributed by atoms with Gasteiger partial charge in [0, 0.05) is 13.1 Å². The van der Waals surface area contributed by atoms with Gasteiger partial charge in [-0.1, -0.05) is 0 Å². The summed E-state index contributed by atoms with van der Waals surface area (Å²) in [5.41, 5.74) is 0.633. The number of nitrogens with one attached hydrogen (secondary N) is 1. The molecule has 1 fully saturated rings. The van der Waals surface area contributed by atoms with Gasteiger partial charge in [-0.15, -0.1) is 11.8 Å². The van der Waals surface area contributed by atoms with Gasteiger partial charge < -0.3 is 15.3 Å². The fourth-order valence-electron chi connectivity index (χ4n) is 2.02. The van der Waals surface area contributed by atoms with Crippen molar-refractivity contribution in [3.8, 4) is 0 Å². The van der Waals surface area contributed by atoms with Crippen LogP contribution in [0.5, 0.6) is 0 Å². The largest absolute Gasteiger partial charge is 0.481 e. The van der Waals surface area contributed by atoms with E-state index in [2.05, 4.69) is 15.2 Å². The minimum Gasteiger partial charge on any atom is -0.481 e. The molecule has 2 rings (SSSR count). The number of carboxylic acid groups (broad SMARTS) is 1. The summed E-state index contributed by atoms with van der Waals surface area (Å²) in [6.07, 6.45) is 4.02. The zero-order valence-electron chi connectivity index (χ0n) is 11.0. The molecule has 1 aromatic heterocycles. The Hall–Kier alpha value is -1.76. The average Bonchev–Trinajstić information content (AvgIpc) is 2.93. The molecule has 1 aliphatic heterocycles. The lowest BCUT2D eigenvalue weighted by Crippen LogP contribution is -2.19. The van der Waals surface area contributed by atoms with Crippen LogP contribution in [-0.4, -0.2) is 46.6 Å². The van der Waals surface area contributed by atoms with Crippen LogP contribution in [-0.2, 0) is 9.59 Å². The molecule has 2 heterocycles. The molecule has 1 saturated heterocycles. The van der Waals surface area contributed by atoms with Crippen molar-refractivity contribution >= 4 is 35.1 Å². The van der Waals surface area contributed by atoms with Crippen LogP contribution in [0.25, 0.3) is 0 Å². The van der Waals surface area contributed by atoms with Crippen LogP contribution in [0.1, 0.15) is 12.8 Å². The van der Waals surface area contributed by atoms with Gasteiger partial charge in [-0.3, -0.25) is 9.59 Å². The molecule has 6 nitrogen and oxygen atoms in total. The third-order valence-electron chi connectivity index (χ3n) is 2.92. The molecule has 20 heavy (non-hydrogen) atoms. The van der Waals surface area contributed by atoms with Crippen LogP contribution in [0.15, 0.2) is 18.3 Å². The van der Waals surface area contributed by atoms with Gasteiger partial charge in [0.2, 0.25) is 5.91 Å². The first-order chi connectivity index (χ1) is 9.65. The van der Waals surface area contributed by atoms with Crippen LogP contribution in [0.3, 0.4) is 0 Å². The maximum Gasteiger partial charge on any atom is 0.313 e. The lowest BCUT2D eigenvalue weighted by atomic mass is 10.4. The van der Waals surface area contributed by atoms with E-state index < -0.39 is 5.97 Å². The van der Waals surface area contributed by atoms with Crippen molar-refractivity contribution in [2.45, 2.75) is 12.8 Å². The van der Waals surface area contributed by atoms with Crippen LogP contribution < -0.4 is 10.2 Å². The van der Waals surface area contributed by atoms with Gasteiger partial charge in [-0.2, -0.15) is 0 Å². The van der Waals surface area contributed by atoms with E-state index in [1.54, 1.807) is 6.20 Å². The van der Waals surface area contributed by atoms with Crippen molar-refractivity contribution in [3.05, 3.63) is 18.3 Å². The predicted molar refractivity (Wildman–Crippen MR) is 79.3 cm³/mol. The lowest BCUT2D eigenvalue weighted by Gasteiger charge is -2.16. The van der Waals surface area contributed by atoms with Crippen molar-refractivity contribution in [2.75, 3.05) is 34.8 Å². The smallest absolute Gasteiger partial charge is 0.313 e. The number of hydrogen-bond acceptors (Lipinski definition) is 5. The molecule has 1 aliphatic rings. The van der Waals surface area contributed by atoms with E-state index in [9.17, 15) is 9.59 Å². The fraction of sp³-hybridized carbons (Fsp3) is 0.462. The topological polar surface area (TPSA) is 82.5 Å². The van der Waals surface area contributed by atoms with E-state index in [1.165, 1.54) is 12.8 Å². The molecule has 0 saturated carbocycles. The molecule has 2 N–H and O–H groups in total. The van der Waals surface area contributed by atoms with Crippen molar-refractivity contribution in [1.82, 2.24) is 4.98 Å². The van der Waals surface area contributed by atoms with Crippen LogP contribution in [0.2, 0.25) is 0 Å². The minimum atomic E-state index is -0.917. The van der Waals surface area contributed by atoms with Crippen LogP contribution in [0.4, 0.5) is 11.5 Å². The molecule has 0 bridgehead atoms. The Bertz CT molecular complexity index is 472. The third kappa shape index (κ3) is 4.41. The van der Waals surface area contributed by atoms with Gasteiger partial charge in [0.1, 0.15) is 5.82 Å². The first kappa shape index (κ1) is 14.6. The van der Waals surface area contributed by atoms with Gasteiger partial charge in [0.25, 0.3) is 0 Å². The number of carboxylic acids is 1. The Morgan fingerprint density at radius 2 is 2.05 bits per heavy atom. The number of carbonyl (C=O) groups excluding carboxylic acids is 1. The highest BCUT2D eigenvalue weighted by Gasteiger charge is 2.13. The van der Waals surface area contributed by atoms with Gasteiger partial charge >= 0.3 is 5.97 Å². The number of amides is 1. The van der Waals surface area contributed by atoms with Crippen molar-refractivity contribution in [2.24, 2.45) is 0 Å².